The van der Waals surface area contributed by atoms with Crippen molar-refractivity contribution in [1.82, 2.24) is 10.6 Å². The van der Waals surface area contributed by atoms with E-state index in [9.17, 15) is 4.79 Å². The summed E-state index contributed by atoms with van der Waals surface area (Å²) < 4.78 is 16.1. The van der Waals surface area contributed by atoms with E-state index in [-0.39, 0.29) is 24.0 Å². The number of hydrogen-bond donors (Lipinski definition) is 3. The molecule has 1 amide bonds. The molecule has 3 N–H and O–H groups in total. The predicted octanol–water partition coefficient (Wildman–Crippen LogP) is 4.00. The second-order valence-electron chi connectivity index (χ2n) is 6.97. The van der Waals surface area contributed by atoms with Crippen molar-refractivity contribution in [2.45, 2.75) is 46.6 Å². The van der Waals surface area contributed by atoms with Crippen LogP contribution >= 0.6 is 24.0 Å². The number of ether oxygens (including phenoxy) is 3. The molecule has 0 atom stereocenters. The molecular formula is C20H35IN4O4. The Hall–Kier alpha value is -1.91. The summed E-state index contributed by atoms with van der Waals surface area (Å²) in [5.41, 5.74) is 0.343. The fourth-order valence-electron chi connectivity index (χ4n) is 2.24. The van der Waals surface area contributed by atoms with Crippen molar-refractivity contribution in [1.29, 1.82) is 0 Å². The van der Waals surface area contributed by atoms with Crippen molar-refractivity contribution in [3.8, 4) is 11.5 Å². The molecule has 0 aromatic heterocycles. The predicted molar refractivity (Wildman–Crippen MR) is 128 cm³/mol. The molecule has 0 heterocycles. The molecule has 0 radical (unpaired) electrons. The first-order valence-corrected chi connectivity index (χ1v) is 9.62. The molecule has 8 nitrogen and oxygen atoms in total. The van der Waals surface area contributed by atoms with Gasteiger partial charge in [0.2, 0.25) is 0 Å². The van der Waals surface area contributed by atoms with Gasteiger partial charge in [-0.3, -0.25) is 4.99 Å². The number of benzene rings is 1. The number of amides is 1. The Morgan fingerprint density at radius 3 is 2.45 bits per heavy atom. The Labute approximate surface area is 191 Å². The number of hydrogen-bond acceptors (Lipinski definition) is 5. The summed E-state index contributed by atoms with van der Waals surface area (Å²) in [7, 11) is 1.61. The first kappa shape index (κ1) is 27.1. The largest absolute Gasteiger partial charge is 0.493 e. The first-order chi connectivity index (χ1) is 13.3. The second kappa shape index (κ2) is 14.1. The molecule has 0 aliphatic heterocycles. The quantitative estimate of drug-likeness (QED) is 0.197. The van der Waals surface area contributed by atoms with E-state index in [1.807, 2.05) is 52.8 Å². The van der Waals surface area contributed by atoms with Gasteiger partial charge in [-0.25, -0.2) is 4.79 Å². The third-order valence-corrected chi connectivity index (χ3v) is 3.34. The van der Waals surface area contributed by atoms with Crippen LogP contribution in [-0.4, -0.2) is 51.0 Å². The molecule has 0 aliphatic rings. The lowest BCUT2D eigenvalue weighted by Crippen LogP contribution is -2.33. The van der Waals surface area contributed by atoms with E-state index >= 15 is 0 Å². The third-order valence-electron chi connectivity index (χ3n) is 3.34. The SMILES string of the molecule is CCNC(=NCCCNC(=O)OC(C)(C)C)Nc1ccc(OCC)c(OC)c1.I. The van der Waals surface area contributed by atoms with Crippen LogP contribution in [0.3, 0.4) is 0 Å². The highest BCUT2D eigenvalue weighted by Gasteiger charge is 2.15. The van der Waals surface area contributed by atoms with Gasteiger partial charge in [0.05, 0.1) is 13.7 Å². The van der Waals surface area contributed by atoms with Crippen LogP contribution in [0.1, 0.15) is 41.0 Å². The molecule has 9 heteroatoms. The van der Waals surface area contributed by atoms with Crippen molar-refractivity contribution in [2.24, 2.45) is 4.99 Å². The molecule has 0 aliphatic carbocycles. The molecule has 1 rings (SSSR count). The molecule has 0 spiro atoms. The molecule has 0 fully saturated rings. The van der Waals surface area contributed by atoms with Crippen LogP contribution in [0.5, 0.6) is 11.5 Å². The Morgan fingerprint density at radius 1 is 1.14 bits per heavy atom. The highest BCUT2D eigenvalue weighted by molar-refractivity contribution is 14.0. The van der Waals surface area contributed by atoms with Gasteiger partial charge in [-0.2, -0.15) is 0 Å². The Bertz CT molecular complexity index is 648. The van der Waals surface area contributed by atoms with Crippen LogP contribution in [0.4, 0.5) is 10.5 Å². The number of alkyl carbamates (subject to hydrolysis) is 1. The number of nitrogens with one attached hydrogen (secondary N) is 3. The number of methoxy groups -OCH3 is 1. The fraction of sp³-hybridized carbons (Fsp3) is 0.600. The molecule has 29 heavy (non-hydrogen) atoms. The minimum atomic E-state index is -0.497. The molecule has 0 unspecified atom stereocenters. The van der Waals surface area contributed by atoms with Gasteiger partial charge >= 0.3 is 6.09 Å². The topological polar surface area (TPSA) is 93.2 Å². The van der Waals surface area contributed by atoms with Crippen molar-refractivity contribution < 1.29 is 19.0 Å². The van der Waals surface area contributed by atoms with Crippen LogP contribution in [0.15, 0.2) is 23.2 Å². The van der Waals surface area contributed by atoms with E-state index in [0.717, 1.165) is 12.2 Å². The van der Waals surface area contributed by atoms with Gasteiger partial charge in [-0.15, -0.1) is 24.0 Å². The number of anilines is 1. The second-order valence-corrected chi connectivity index (χ2v) is 6.97. The molecule has 1 aromatic carbocycles. The van der Waals surface area contributed by atoms with E-state index in [1.54, 1.807) is 7.11 Å². The number of nitrogens with zero attached hydrogens (tertiary/aromatic N) is 1. The van der Waals surface area contributed by atoms with E-state index in [2.05, 4.69) is 20.9 Å². The molecule has 0 saturated heterocycles. The van der Waals surface area contributed by atoms with Gasteiger partial charge in [0.1, 0.15) is 5.60 Å². The lowest BCUT2D eigenvalue weighted by atomic mass is 10.2. The molecular weight excluding hydrogens is 487 g/mol. The minimum absolute atomic E-state index is 0. The van der Waals surface area contributed by atoms with Gasteiger partial charge in [0.25, 0.3) is 0 Å². The third kappa shape index (κ3) is 11.6. The minimum Gasteiger partial charge on any atom is -0.493 e. The highest BCUT2D eigenvalue weighted by atomic mass is 127. The van der Waals surface area contributed by atoms with E-state index in [0.29, 0.717) is 43.6 Å². The first-order valence-electron chi connectivity index (χ1n) is 9.62. The normalized spacial score (nSPS) is 11.2. The number of carbonyl (C=O) groups is 1. The van der Waals surface area contributed by atoms with Crippen LogP contribution < -0.4 is 25.4 Å². The van der Waals surface area contributed by atoms with Gasteiger partial charge in [0.15, 0.2) is 17.5 Å². The van der Waals surface area contributed by atoms with Crippen LogP contribution in [0.25, 0.3) is 0 Å². The number of guanidine groups is 1. The maximum atomic E-state index is 11.6. The Morgan fingerprint density at radius 2 is 1.86 bits per heavy atom. The summed E-state index contributed by atoms with van der Waals surface area (Å²) in [5.74, 6) is 2.01. The number of carbonyl (C=O) groups excluding carboxylic acids is 1. The summed E-state index contributed by atoms with van der Waals surface area (Å²) in [5, 5.41) is 9.17. The number of halogens is 1. The molecule has 1 aromatic rings. The number of rotatable bonds is 9. The van der Waals surface area contributed by atoms with Crippen molar-refractivity contribution in [2.75, 3.05) is 38.7 Å². The zero-order valence-electron chi connectivity index (χ0n) is 18.3. The standard InChI is InChI=1S/C20H34N4O4.HI/c1-7-21-18(22-12-9-13-23-19(25)28-20(3,4)5)24-15-10-11-16(27-8-2)17(14-15)26-6;/h10-11,14H,7-9,12-13H2,1-6H3,(H,23,25)(H2,21,22,24);1H. The van der Waals surface area contributed by atoms with Gasteiger partial charge in [-0.05, 0) is 53.2 Å². The summed E-state index contributed by atoms with van der Waals surface area (Å²) in [4.78, 5) is 16.1. The van der Waals surface area contributed by atoms with Gasteiger partial charge in [-0.1, -0.05) is 0 Å². The van der Waals surface area contributed by atoms with Crippen molar-refractivity contribution in [3.63, 3.8) is 0 Å². The van der Waals surface area contributed by atoms with Crippen LogP contribution in [0, 0.1) is 0 Å². The van der Waals surface area contributed by atoms with E-state index in [4.69, 9.17) is 14.2 Å². The fourth-order valence-corrected chi connectivity index (χ4v) is 2.24. The summed E-state index contributed by atoms with van der Waals surface area (Å²) in [6.45, 7) is 11.8. The lowest BCUT2D eigenvalue weighted by molar-refractivity contribution is 0.0527. The van der Waals surface area contributed by atoms with Gasteiger partial charge in [0, 0.05) is 31.4 Å². The monoisotopic (exact) mass is 522 g/mol. The van der Waals surface area contributed by atoms with Crippen molar-refractivity contribution in [3.05, 3.63) is 18.2 Å². The Balaban J connectivity index is 0.00000784. The molecule has 166 valence electrons. The average molecular weight is 522 g/mol. The average Bonchev–Trinajstić information content (AvgIpc) is 2.61. The zero-order chi connectivity index (χ0) is 21.0. The smallest absolute Gasteiger partial charge is 0.407 e. The van der Waals surface area contributed by atoms with Crippen LogP contribution in [0.2, 0.25) is 0 Å². The molecule has 0 saturated carbocycles. The number of aliphatic imine (C=N–C) groups is 1. The van der Waals surface area contributed by atoms with E-state index < -0.39 is 11.7 Å². The summed E-state index contributed by atoms with van der Waals surface area (Å²) in [6.07, 6.45) is 0.283. The molecule has 0 bridgehead atoms. The summed E-state index contributed by atoms with van der Waals surface area (Å²) >= 11 is 0. The lowest BCUT2D eigenvalue weighted by Gasteiger charge is -2.19. The zero-order valence-corrected chi connectivity index (χ0v) is 20.6. The Kier molecular flexibility index (Phi) is 13.2. The maximum Gasteiger partial charge on any atom is 0.407 e. The van der Waals surface area contributed by atoms with Crippen molar-refractivity contribution >= 4 is 41.7 Å². The maximum absolute atomic E-state index is 11.6. The van der Waals surface area contributed by atoms with Gasteiger partial charge < -0.3 is 30.2 Å². The van der Waals surface area contributed by atoms with Crippen LogP contribution in [-0.2, 0) is 4.74 Å². The van der Waals surface area contributed by atoms with E-state index in [1.165, 1.54) is 0 Å². The highest BCUT2D eigenvalue weighted by Crippen LogP contribution is 2.30. The summed E-state index contributed by atoms with van der Waals surface area (Å²) in [6, 6.07) is 5.63.